The van der Waals surface area contributed by atoms with Gasteiger partial charge in [-0.05, 0) is 61.0 Å². The lowest BCUT2D eigenvalue weighted by molar-refractivity contribution is -0.384. The Hall–Kier alpha value is -5.82. The molecule has 13 heteroatoms. The summed E-state index contributed by atoms with van der Waals surface area (Å²) >= 11 is 1.30. The third kappa shape index (κ3) is 9.13. The number of rotatable bonds is 14. The predicted molar refractivity (Wildman–Crippen MR) is 185 cm³/mol. The van der Waals surface area contributed by atoms with Gasteiger partial charge in [-0.25, -0.2) is 0 Å². The third-order valence-electron chi connectivity index (χ3n) is 6.94. The maximum atomic E-state index is 13.7. The summed E-state index contributed by atoms with van der Waals surface area (Å²) in [6.07, 6.45) is 1.97. The Kier molecular flexibility index (Phi) is 12.2. The summed E-state index contributed by atoms with van der Waals surface area (Å²) in [7, 11) is 4.45. The molecule has 0 saturated heterocycles. The molecular weight excluding hydrogens is 636 g/mol. The summed E-state index contributed by atoms with van der Waals surface area (Å²) in [6, 6.07) is 24.3. The maximum absolute atomic E-state index is 13.7. The van der Waals surface area contributed by atoms with Gasteiger partial charge >= 0.3 is 0 Å². The lowest BCUT2D eigenvalue weighted by Gasteiger charge is -2.16. The lowest BCUT2D eigenvalue weighted by Crippen LogP contribution is -2.30. The quantitative estimate of drug-likeness (QED) is 0.0586. The number of amides is 3. The van der Waals surface area contributed by atoms with Crippen molar-refractivity contribution >= 4 is 52.6 Å². The molecule has 0 aliphatic carbocycles. The minimum absolute atomic E-state index is 0.0682. The number of thioether (sulfide) groups is 1. The lowest BCUT2D eigenvalue weighted by atomic mass is 10.1. The molecule has 0 aromatic heterocycles. The minimum atomic E-state index is -0.610. The molecule has 4 aromatic rings. The fourth-order valence-corrected chi connectivity index (χ4v) is 5.50. The normalized spacial score (nSPS) is 11.5. The molecule has 0 saturated carbocycles. The van der Waals surface area contributed by atoms with Crippen LogP contribution >= 0.6 is 11.8 Å². The van der Waals surface area contributed by atoms with E-state index < -0.39 is 22.0 Å². The Balaban J connectivity index is 1.57. The molecule has 0 aliphatic heterocycles. The van der Waals surface area contributed by atoms with Gasteiger partial charge < -0.3 is 30.2 Å². The zero-order valence-electron chi connectivity index (χ0n) is 26.6. The van der Waals surface area contributed by atoms with Crippen molar-refractivity contribution in [1.29, 1.82) is 0 Å². The summed E-state index contributed by atoms with van der Waals surface area (Å²) in [6.45, 7) is 1.87. The number of carbonyl (C=O) groups excluding carboxylic acids is 3. The number of ether oxygens (including phenoxy) is 3. The van der Waals surface area contributed by atoms with Crippen LogP contribution in [0, 0.1) is 10.1 Å². The minimum Gasteiger partial charge on any atom is -0.496 e. The van der Waals surface area contributed by atoms with E-state index in [1.165, 1.54) is 63.4 Å². The van der Waals surface area contributed by atoms with Crippen LogP contribution in [0.1, 0.15) is 29.3 Å². The number of nitrogens with one attached hydrogen (secondary N) is 3. The van der Waals surface area contributed by atoms with Crippen LogP contribution in [0.4, 0.5) is 17.1 Å². The Bertz CT molecular complexity index is 1810. The molecule has 0 radical (unpaired) electrons. The largest absolute Gasteiger partial charge is 0.496 e. The number of benzene rings is 4. The van der Waals surface area contributed by atoms with E-state index in [4.69, 9.17) is 14.2 Å². The molecule has 48 heavy (non-hydrogen) atoms. The van der Waals surface area contributed by atoms with E-state index in [2.05, 4.69) is 16.0 Å². The molecule has 4 rings (SSSR count). The van der Waals surface area contributed by atoms with Gasteiger partial charge in [-0.15, -0.1) is 11.8 Å². The first kappa shape index (κ1) is 35.0. The molecule has 1 unspecified atom stereocenters. The van der Waals surface area contributed by atoms with Crippen molar-refractivity contribution in [2.75, 3.05) is 32.0 Å². The summed E-state index contributed by atoms with van der Waals surface area (Å²) < 4.78 is 16.3. The molecule has 0 heterocycles. The monoisotopic (exact) mass is 670 g/mol. The van der Waals surface area contributed by atoms with Crippen molar-refractivity contribution in [3.63, 3.8) is 0 Å². The third-order valence-corrected chi connectivity index (χ3v) is 8.30. The number of hydrogen-bond acceptors (Lipinski definition) is 9. The second-order valence-corrected chi connectivity index (χ2v) is 11.4. The highest BCUT2D eigenvalue weighted by atomic mass is 32.2. The van der Waals surface area contributed by atoms with Gasteiger partial charge in [0.15, 0.2) is 11.5 Å². The zero-order valence-corrected chi connectivity index (χ0v) is 27.5. The number of nitrogens with zero attached hydrogens (tertiary/aromatic N) is 1. The number of nitro benzene ring substituents is 1. The molecule has 4 aromatic carbocycles. The molecule has 12 nitrogen and oxygen atoms in total. The van der Waals surface area contributed by atoms with Crippen LogP contribution in [0.2, 0.25) is 0 Å². The van der Waals surface area contributed by atoms with Crippen molar-refractivity contribution in [3.05, 3.63) is 118 Å². The summed E-state index contributed by atoms with van der Waals surface area (Å²) in [5, 5.41) is 18.8. The predicted octanol–water partition coefficient (Wildman–Crippen LogP) is 6.54. The number of non-ortho nitro benzene ring substituents is 1. The summed E-state index contributed by atoms with van der Waals surface area (Å²) in [4.78, 5) is 51.1. The Morgan fingerprint density at radius 2 is 1.48 bits per heavy atom. The molecule has 0 bridgehead atoms. The van der Waals surface area contributed by atoms with Crippen molar-refractivity contribution in [2.45, 2.75) is 23.5 Å². The average molecular weight is 671 g/mol. The van der Waals surface area contributed by atoms with Crippen molar-refractivity contribution in [1.82, 2.24) is 5.32 Å². The average Bonchev–Trinajstić information content (AvgIpc) is 3.10. The molecule has 248 valence electrons. The van der Waals surface area contributed by atoms with Crippen LogP contribution in [-0.2, 0) is 9.59 Å². The fourth-order valence-electron chi connectivity index (χ4n) is 4.48. The molecule has 3 amide bonds. The van der Waals surface area contributed by atoms with Crippen LogP contribution in [0.25, 0.3) is 6.08 Å². The SMILES string of the molecule is CCC(Sc1cccc(NC(=O)/C(=C\c2cc(OC)c(OC)cc2OC)NC(=O)c2ccccc2)c1)C(=O)Nc1ccc([N+](=O)[O-])cc1. The van der Waals surface area contributed by atoms with Gasteiger partial charge in [0, 0.05) is 45.6 Å². The van der Waals surface area contributed by atoms with Gasteiger partial charge in [0.25, 0.3) is 17.5 Å². The highest BCUT2D eigenvalue weighted by Crippen LogP contribution is 2.36. The van der Waals surface area contributed by atoms with Gasteiger partial charge in [-0.3, -0.25) is 24.5 Å². The van der Waals surface area contributed by atoms with E-state index in [1.54, 1.807) is 60.7 Å². The number of methoxy groups -OCH3 is 3. The van der Waals surface area contributed by atoms with Crippen molar-refractivity contribution in [3.8, 4) is 17.2 Å². The summed E-state index contributed by atoms with van der Waals surface area (Å²) in [5.74, 6) is -0.184. The van der Waals surface area contributed by atoms with Gasteiger partial charge in [-0.2, -0.15) is 0 Å². The molecule has 3 N–H and O–H groups in total. The molecule has 0 aliphatic rings. The number of hydrogen-bond donors (Lipinski definition) is 3. The molecule has 0 spiro atoms. The second-order valence-electron chi connectivity index (χ2n) is 10.1. The highest BCUT2D eigenvalue weighted by Gasteiger charge is 2.21. The van der Waals surface area contributed by atoms with Crippen LogP contribution < -0.4 is 30.2 Å². The van der Waals surface area contributed by atoms with Gasteiger partial charge in [-0.1, -0.05) is 31.2 Å². The van der Waals surface area contributed by atoms with E-state index in [-0.39, 0.29) is 17.3 Å². The van der Waals surface area contributed by atoms with E-state index in [0.29, 0.717) is 51.1 Å². The van der Waals surface area contributed by atoms with Gasteiger partial charge in [0.05, 0.1) is 31.5 Å². The molecule has 0 fully saturated rings. The standard InChI is InChI=1S/C35H34N4O8S/c1-5-32(35(42)36-24-14-16-26(17-15-24)39(43)44)48-27-13-9-12-25(20-27)37-34(41)28(38-33(40)22-10-7-6-8-11-22)18-23-19-30(46-3)31(47-4)21-29(23)45-2/h6-21,32H,5H2,1-4H3,(H,36,42)(H,37,41)(H,38,40)/b28-18+. The molecule has 1 atom stereocenters. The fraction of sp³-hybridized carbons (Fsp3) is 0.171. The first-order chi connectivity index (χ1) is 23.1. The maximum Gasteiger partial charge on any atom is 0.272 e. The van der Waals surface area contributed by atoms with E-state index in [0.717, 1.165) is 0 Å². The first-order valence-corrected chi connectivity index (χ1v) is 15.5. The highest BCUT2D eigenvalue weighted by molar-refractivity contribution is 8.00. The Morgan fingerprint density at radius 3 is 2.10 bits per heavy atom. The smallest absolute Gasteiger partial charge is 0.272 e. The zero-order chi connectivity index (χ0) is 34.6. The van der Waals surface area contributed by atoms with E-state index >= 15 is 0 Å². The number of anilines is 2. The van der Waals surface area contributed by atoms with E-state index in [1.807, 2.05) is 13.0 Å². The Morgan fingerprint density at radius 1 is 0.812 bits per heavy atom. The Labute approximate surface area is 281 Å². The number of nitro groups is 1. The van der Waals surface area contributed by atoms with Gasteiger partial charge in [0.2, 0.25) is 5.91 Å². The topological polar surface area (TPSA) is 158 Å². The van der Waals surface area contributed by atoms with Crippen LogP contribution in [0.5, 0.6) is 17.2 Å². The first-order valence-electron chi connectivity index (χ1n) is 14.7. The molecular formula is C35H34N4O8S. The summed E-state index contributed by atoms with van der Waals surface area (Å²) in [5.41, 5.74) is 1.52. The van der Waals surface area contributed by atoms with Crippen LogP contribution in [0.15, 0.2) is 102 Å². The second kappa shape index (κ2) is 16.7. The van der Waals surface area contributed by atoms with Crippen molar-refractivity contribution < 1.29 is 33.5 Å². The number of carbonyl (C=O) groups is 3. The van der Waals surface area contributed by atoms with Crippen LogP contribution in [0.3, 0.4) is 0 Å². The van der Waals surface area contributed by atoms with Crippen LogP contribution in [-0.4, -0.2) is 49.2 Å². The van der Waals surface area contributed by atoms with Crippen molar-refractivity contribution in [2.24, 2.45) is 0 Å². The van der Waals surface area contributed by atoms with E-state index in [9.17, 15) is 24.5 Å². The van der Waals surface area contributed by atoms with Gasteiger partial charge in [0.1, 0.15) is 11.4 Å².